The predicted molar refractivity (Wildman–Crippen MR) is 107 cm³/mol. The number of anilines is 1. The largest absolute Gasteiger partial charge is 0.463 e. The molecule has 0 aliphatic rings. The molecule has 0 spiro atoms. The molecule has 28 heavy (non-hydrogen) atoms. The Morgan fingerprint density at radius 1 is 1.07 bits per heavy atom. The van der Waals surface area contributed by atoms with E-state index < -0.39 is 11.9 Å². The molecular weight excluding hydrogens is 358 g/mol. The topological polar surface area (TPSA) is 85.6 Å². The van der Waals surface area contributed by atoms with Crippen molar-refractivity contribution in [2.24, 2.45) is 0 Å². The smallest absolute Gasteiger partial charge is 0.338 e. The fraction of sp³-hybridized carbons (Fsp3) is 0.136. The molecule has 6 heteroatoms. The maximum absolute atomic E-state index is 12.4. The Labute approximate surface area is 161 Å². The van der Waals surface area contributed by atoms with Gasteiger partial charge in [0.1, 0.15) is 11.8 Å². The zero-order valence-corrected chi connectivity index (χ0v) is 15.5. The van der Waals surface area contributed by atoms with Crippen molar-refractivity contribution >= 4 is 34.6 Å². The van der Waals surface area contributed by atoms with Crippen LogP contribution < -0.4 is 10.7 Å². The molecule has 0 saturated heterocycles. The number of para-hydroxylation sites is 1. The van der Waals surface area contributed by atoms with Crippen LogP contribution in [0.4, 0.5) is 5.69 Å². The van der Waals surface area contributed by atoms with E-state index in [2.05, 4.69) is 5.32 Å². The predicted octanol–water partition coefficient (Wildman–Crippen LogP) is 4.01. The minimum absolute atomic E-state index is 0.204. The van der Waals surface area contributed by atoms with Crippen molar-refractivity contribution in [3.8, 4) is 0 Å². The highest BCUT2D eigenvalue weighted by molar-refractivity contribution is 6.02. The lowest BCUT2D eigenvalue weighted by molar-refractivity contribution is -0.111. The quantitative estimate of drug-likeness (QED) is 0.536. The van der Waals surface area contributed by atoms with Crippen LogP contribution in [0.25, 0.3) is 17.0 Å². The van der Waals surface area contributed by atoms with E-state index in [-0.39, 0.29) is 17.1 Å². The molecule has 0 fully saturated rings. The van der Waals surface area contributed by atoms with Gasteiger partial charge in [-0.1, -0.05) is 12.1 Å². The van der Waals surface area contributed by atoms with Crippen molar-refractivity contribution in [1.29, 1.82) is 0 Å². The third kappa shape index (κ3) is 4.54. The van der Waals surface area contributed by atoms with Crippen molar-refractivity contribution in [3.63, 3.8) is 0 Å². The second-order valence-electron chi connectivity index (χ2n) is 6.37. The van der Waals surface area contributed by atoms with Crippen LogP contribution in [0.2, 0.25) is 0 Å². The number of benzene rings is 2. The van der Waals surface area contributed by atoms with E-state index in [4.69, 9.17) is 9.15 Å². The molecule has 3 aromatic rings. The molecule has 1 N–H and O–H groups in total. The molecular formula is C22H19NO5. The first-order chi connectivity index (χ1) is 13.4. The Kier molecular flexibility index (Phi) is 5.69. The standard InChI is InChI=1S/C22H19NO5/c1-14(2)28-22(26)15-7-10-17(11-8-15)23-20(24)12-9-16-13-27-19-6-4-3-5-18(19)21(16)25/h3-14H,1-2H3,(H,23,24)/b12-9+. The Morgan fingerprint density at radius 3 is 2.50 bits per heavy atom. The highest BCUT2D eigenvalue weighted by Gasteiger charge is 2.09. The summed E-state index contributed by atoms with van der Waals surface area (Å²) < 4.78 is 10.5. The van der Waals surface area contributed by atoms with Gasteiger partial charge in [-0.25, -0.2) is 4.79 Å². The summed E-state index contributed by atoms with van der Waals surface area (Å²) >= 11 is 0. The van der Waals surface area contributed by atoms with Gasteiger partial charge in [-0.15, -0.1) is 0 Å². The first kappa shape index (κ1) is 19.1. The summed E-state index contributed by atoms with van der Waals surface area (Å²) in [5.41, 5.74) is 1.47. The fourth-order valence-corrected chi connectivity index (χ4v) is 2.53. The van der Waals surface area contributed by atoms with Crippen LogP contribution >= 0.6 is 0 Å². The van der Waals surface area contributed by atoms with Gasteiger partial charge in [0, 0.05) is 11.8 Å². The summed E-state index contributed by atoms with van der Waals surface area (Å²) in [6.07, 6.45) is 3.78. The van der Waals surface area contributed by atoms with E-state index >= 15 is 0 Å². The van der Waals surface area contributed by atoms with Crippen LogP contribution in [0.15, 0.2) is 70.1 Å². The van der Waals surface area contributed by atoms with E-state index in [1.54, 1.807) is 62.4 Å². The van der Waals surface area contributed by atoms with Crippen LogP contribution in [-0.2, 0) is 9.53 Å². The summed E-state index contributed by atoms with van der Waals surface area (Å²) in [5, 5.41) is 3.12. The minimum Gasteiger partial charge on any atom is -0.463 e. The van der Waals surface area contributed by atoms with Crippen molar-refractivity contribution in [2.75, 3.05) is 5.32 Å². The third-order valence-corrected chi connectivity index (χ3v) is 3.85. The van der Waals surface area contributed by atoms with Crippen molar-refractivity contribution in [3.05, 3.63) is 82.2 Å². The molecule has 1 aromatic heterocycles. The summed E-state index contributed by atoms with van der Waals surface area (Å²) in [4.78, 5) is 36.3. The lowest BCUT2D eigenvalue weighted by Crippen LogP contribution is -2.12. The molecule has 0 aliphatic carbocycles. The number of carbonyl (C=O) groups excluding carboxylic acids is 2. The van der Waals surface area contributed by atoms with E-state index in [1.165, 1.54) is 18.4 Å². The number of fused-ring (bicyclic) bond motifs is 1. The lowest BCUT2D eigenvalue weighted by Gasteiger charge is -2.08. The summed E-state index contributed by atoms with van der Waals surface area (Å²) in [7, 11) is 0. The Morgan fingerprint density at radius 2 is 1.79 bits per heavy atom. The Bertz CT molecular complexity index is 1090. The molecule has 1 heterocycles. The van der Waals surface area contributed by atoms with Gasteiger partial charge < -0.3 is 14.5 Å². The summed E-state index contributed by atoms with van der Waals surface area (Å²) in [6, 6.07) is 13.3. The van der Waals surface area contributed by atoms with Crippen LogP contribution in [0, 0.1) is 0 Å². The molecule has 142 valence electrons. The van der Waals surface area contributed by atoms with Crippen molar-refractivity contribution < 1.29 is 18.7 Å². The molecule has 0 unspecified atom stereocenters. The van der Waals surface area contributed by atoms with Crippen molar-refractivity contribution in [1.82, 2.24) is 0 Å². The van der Waals surface area contributed by atoms with E-state index in [9.17, 15) is 14.4 Å². The number of nitrogens with one attached hydrogen (secondary N) is 1. The number of hydrogen-bond acceptors (Lipinski definition) is 5. The normalized spacial score (nSPS) is 11.1. The van der Waals surface area contributed by atoms with E-state index in [0.717, 1.165) is 0 Å². The van der Waals surface area contributed by atoms with Gasteiger partial charge >= 0.3 is 5.97 Å². The molecule has 3 rings (SSSR count). The second-order valence-corrected chi connectivity index (χ2v) is 6.37. The molecule has 0 radical (unpaired) electrons. The highest BCUT2D eigenvalue weighted by Crippen LogP contribution is 2.13. The number of carbonyl (C=O) groups is 2. The number of amides is 1. The molecule has 2 aromatic carbocycles. The maximum atomic E-state index is 12.4. The molecule has 0 saturated carbocycles. The average Bonchev–Trinajstić information content (AvgIpc) is 2.67. The SMILES string of the molecule is CC(C)OC(=O)c1ccc(NC(=O)/C=C/c2coc3ccccc3c2=O)cc1. The van der Waals surface area contributed by atoms with E-state index in [1.807, 2.05) is 0 Å². The van der Waals surface area contributed by atoms with Crippen LogP contribution in [0.3, 0.4) is 0 Å². The van der Waals surface area contributed by atoms with E-state index in [0.29, 0.717) is 22.2 Å². The third-order valence-electron chi connectivity index (χ3n) is 3.85. The van der Waals surface area contributed by atoms with Crippen LogP contribution in [-0.4, -0.2) is 18.0 Å². The molecule has 6 nitrogen and oxygen atoms in total. The van der Waals surface area contributed by atoms with Gasteiger partial charge in [-0.05, 0) is 56.3 Å². The zero-order valence-electron chi connectivity index (χ0n) is 15.5. The lowest BCUT2D eigenvalue weighted by atomic mass is 10.1. The van der Waals surface area contributed by atoms with Gasteiger partial charge in [0.2, 0.25) is 5.91 Å². The number of ether oxygens (including phenoxy) is 1. The summed E-state index contributed by atoms with van der Waals surface area (Å²) in [5.74, 6) is -0.833. The van der Waals surface area contributed by atoms with Gasteiger partial charge in [0.05, 0.1) is 22.6 Å². The van der Waals surface area contributed by atoms with Gasteiger partial charge in [0.15, 0.2) is 5.43 Å². The fourth-order valence-electron chi connectivity index (χ4n) is 2.53. The molecule has 0 atom stereocenters. The monoisotopic (exact) mass is 377 g/mol. The highest BCUT2D eigenvalue weighted by atomic mass is 16.5. The molecule has 0 aliphatic heterocycles. The number of esters is 1. The number of rotatable bonds is 5. The first-order valence-electron chi connectivity index (χ1n) is 8.74. The zero-order chi connectivity index (χ0) is 20.1. The first-order valence-corrected chi connectivity index (χ1v) is 8.74. The number of hydrogen-bond donors (Lipinski definition) is 1. The summed E-state index contributed by atoms with van der Waals surface area (Å²) in [6.45, 7) is 3.55. The molecule has 1 amide bonds. The van der Waals surface area contributed by atoms with Crippen molar-refractivity contribution in [2.45, 2.75) is 20.0 Å². The van der Waals surface area contributed by atoms with Crippen LogP contribution in [0.1, 0.15) is 29.8 Å². The minimum atomic E-state index is -0.421. The average molecular weight is 377 g/mol. The second kappa shape index (κ2) is 8.35. The van der Waals surface area contributed by atoms with Gasteiger partial charge in [0.25, 0.3) is 0 Å². The Hall–Kier alpha value is -3.67. The van der Waals surface area contributed by atoms with Gasteiger partial charge in [-0.3, -0.25) is 9.59 Å². The van der Waals surface area contributed by atoms with Crippen LogP contribution in [0.5, 0.6) is 0 Å². The van der Waals surface area contributed by atoms with Gasteiger partial charge in [-0.2, -0.15) is 0 Å². The Balaban J connectivity index is 1.68. The molecule has 0 bridgehead atoms. The maximum Gasteiger partial charge on any atom is 0.338 e.